The van der Waals surface area contributed by atoms with Crippen molar-refractivity contribution < 1.29 is 9.90 Å². The van der Waals surface area contributed by atoms with Crippen molar-refractivity contribution in [2.75, 3.05) is 39.1 Å². The molecule has 0 bridgehead atoms. The highest BCUT2D eigenvalue weighted by Crippen LogP contribution is 2.26. The Morgan fingerprint density at radius 2 is 2.00 bits per heavy atom. The molecule has 0 aliphatic rings. The van der Waals surface area contributed by atoms with E-state index in [9.17, 15) is 9.90 Å². The lowest BCUT2D eigenvalue weighted by atomic mass is 10.1. The van der Waals surface area contributed by atoms with Crippen LogP contribution >= 0.6 is 0 Å². The number of hydrogen-bond acceptors (Lipinski definition) is 4. The summed E-state index contributed by atoms with van der Waals surface area (Å²) in [5, 5.41) is 10.1. The standard InChI is InChI=1S/C15H19N3O2/c1-17(2)7-8-18(3)13-10-12(15(19)20)9-11-5-4-6-16-14(11)13/h4-6,9-10H,7-8H2,1-3H3,(H,19,20). The number of hydrogen-bond donors (Lipinski definition) is 1. The van der Waals surface area contributed by atoms with Crippen molar-refractivity contribution in [3.63, 3.8) is 0 Å². The number of anilines is 1. The predicted octanol–water partition coefficient (Wildman–Crippen LogP) is 1.93. The van der Waals surface area contributed by atoms with E-state index in [2.05, 4.69) is 9.88 Å². The zero-order valence-electron chi connectivity index (χ0n) is 12.0. The maximum atomic E-state index is 11.2. The van der Waals surface area contributed by atoms with Gasteiger partial charge in [0, 0.05) is 31.7 Å². The van der Waals surface area contributed by atoms with E-state index in [1.807, 2.05) is 38.2 Å². The van der Waals surface area contributed by atoms with Crippen molar-refractivity contribution >= 4 is 22.6 Å². The zero-order chi connectivity index (χ0) is 14.7. The van der Waals surface area contributed by atoms with Gasteiger partial charge in [0.05, 0.1) is 16.8 Å². The van der Waals surface area contributed by atoms with E-state index in [1.165, 1.54) is 0 Å². The molecular weight excluding hydrogens is 254 g/mol. The third-order valence-corrected chi connectivity index (χ3v) is 3.23. The molecule has 0 aliphatic carbocycles. The van der Waals surface area contributed by atoms with E-state index in [4.69, 9.17) is 0 Å². The van der Waals surface area contributed by atoms with Crippen molar-refractivity contribution in [2.45, 2.75) is 0 Å². The quantitative estimate of drug-likeness (QED) is 0.902. The summed E-state index contributed by atoms with van der Waals surface area (Å²) in [6.07, 6.45) is 1.73. The van der Waals surface area contributed by atoms with Crippen molar-refractivity contribution in [2.24, 2.45) is 0 Å². The van der Waals surface area contributed by atoms with E-state index < -0.39 is 5.97 Å². The normalized spacial score (nSPS) is 11.0. The highest BCUT2D eigenvalue weighted by atomic mass is 16.4. The zero-order valence-corrected chi connectivity index (χ0v) is 12.0. The lowest BCUT2D eigenvalue weighted by Crippen LogP contribution is -2.28. The largest absolute Gasteiger partial charge is 0.478 e. The minimum Gasteiger partial charge on any atom is -0.478 e. The molecule has 5 nitrogen and oxygen atoms in total. The number of carbonyl (C=O) groups is 1. The van der Waals surface area contributed by atoms with Crippen LogP contribution in [0.2, 0.25) is 0 Å². The molecule has 0 aliphatic heterocycles. The van der Waals surface area contributed by atoms with Gasteiger partial charge in [0.25, 0.3) is 0 Å². The molecule has 0 fully saturated rings. The van der Waals surface area contributed by atoms with Crippen LogP contribution in [-0.4, -0.2) is 55.2 Å². The second-order valence-corrected chi connectivity index (χ2v) is 5.10. The van der Waals surface area contributed by atoms with Gasteiger partial charge < -0.3 is 14.9 Å². The maximum Gasteiger partial charge on any atom is 0.335 e. The van der Waals surface area contributed by atoms with E-state index in [-0.39, 0.29) is 5.56 Å². The predicted molar refractivity (Wildman–Crippen MR) is 80.5 cm³/mol. The van der Waals surface area contributed by atoms with Crippen LogP contribution in [-0.2, 0) is 0 Å². The molecule has 20 heavy (non-hydrogen) atoms. The molecule has 0 radical (unpaired) electrons. The highest BCUT2D eigenvalue weighted by Gasteiger charge is 2.13. The lowest BCUT2D eigenvalue weighted by molar-refractivity contribution is 0.0697. The summed E-state index contributed by atoms with van der Waals surface area (Å²) in [4.78, 5) is 19.8. The fourth-order valence-electron chi connectivity index (χ4n) is 2.06. The lowest BCUT2D eigenvalue weighted by Gasteiger charge is -2.23. The number of benzene rings is 1. The summed E-state index contributed by atoms with van der Waals surface area (Å²) in [5.74, 6) is -0.919. The number of likely N-dealkylation sites (N-methyl/N-ethyl adjacent to an activating group) is 2. The van der Waals surface area contributed by atoms with Crippen LogP contribution in [0.15, 0.2) is 30.5 Å². The summed E-state index contributed by atoms with van der Waals surface area (Å²) in [7, 11) is 5.98. The van der Waals surface area contributed by atoms with E-state index in [0.717, 1.165) is 29.7 Å². The van der Waals surface area contributed by atoms with Gasteiger partial charge in [0.15, 0.2) is 0 Å². The summed E-state index contributed by atoms with van der Waals surface area (Å²) in [5.41, 5.74) is 1.97. The molecule has 0 saturated heterocycles. The number of aromatic nitrogens is 1. The molecule has 106 valence electrons. The van der Waals surface area contributed by atoms with Gasteiger partial charge >= 0.3 is 5.97 Å². The first-order valence-electron chi connectivity index (χ1n) is 6.47. The van der Waals surface area contributed by atoms with Gasteiger partial charge in [-0.3, -0.25) is 4.98 Å². The first-order chi connectivity index (χ1) is 9.49. The second kappa shape index (κ2) is 5.88. The summed E-state index contributed by atoms with van der Waals surface area (Å²) >= 11 is 0. The molecule has 0 amide bonds. The molecule has 1 heterocycles. The molecule has 1 N–H and O–H groups in total. The van der Waals surface area contributed by atoms with Gasteiger partial charge in [-0.25, -0.2) is 4.79 Å². The van der Waals surface area contributed by atoms with Crippen LogP contribution in [0.1, 0.15) is 10.4 Å². The summed E-state index contributed by atoms with van der Waals surface area (Å²) in [6.45, 7) is 1.70. The topological polar surface area (TPSA) is 56.7 Å². The Balaban J connectivity index is 2.46. The molecule has 0 atom stereocenters. The molecule has 1 aromatic heterocycles. The Hall–Kier alpha value is -2.14. The fourth-order valence-corrected chi connectivity index (χ4v) is 2.06. The van der Waals surface area contributed by atoms with Crippen LogP contribution in [0.4, 0.5) is 5.69 Å². The Morgan fingerprint density at radius 3 is 2.65 bits per heavy atom. The number of carboxylic acid groups (broad SMARTS) is 1. The minimum atomic E-state index is -0.919. The Morgan fingerprint density at radius 1 is 1.25 bits per heavy atom. The fraction of sp³-hybridized carbons (Fsp3) is 0.333. The van der Waals surface area contributed by atoms with Crippen LogP contribution in [0.25, 0.3) is 10.9 Å². The van der Waals surface area contributed by atoms with E-state index in [0.29, 0.717) is 0 Å². The molecule has 0 spiro atoms. The molecule has 0 saturated carbocycles. The van der Waals surface area contributed by atoms with Gasteiger partial charge in [-0.15, -0.1) is 0 Å². The van der Waals surface area contributed by atoms with Gasteiger partial charge in [-0.2, -0.15) is 0 Å². The van der Waals surface area contributed by atoms with Crippen molar-refractivity contribution in [1.82, 2.24) is 9.88 Å². The van der Waals surface area contributed by atoms with Crippen molar-refractivity contribution in [3.8, 4) is 0 Å². The first-order valence-corrected chi connectivity index (χ1v) is 6.47. The second-order valence-electron chi connectivity index (χ2n) is 5.10. The smallest absolute Gasteiger partial charge is 0.335 e. The SMILES string of the molecule is CN(C)CCN(C)c1cc(C(=O)O)cc2cccnc12. The molecule has 0 unspecified atom stereocenters. The monoisotopic (exact) mass is 273 g/mol. The first kappa shape index (κ1) is 14.3. The van der Waals surface area contributed by atoms with Crippen molar-refractivity contribution in [3.05, 3.63) is 36.0 Å². The Labute approximate surface area is 118 Å². The highest BCUT2D eigenvalue weighted by molar-refractivity contribution is 5.99. The third kappa shape index (κ3) is 3.05. The molecule has 1 aromatic carbocycles. The average molecular weight is 273 g/mol. The van der Waals surface area contributed by atoms with E-state index >= 15 is 0 Å². The number of nitrogens with zero attached hydrogens (tertiary/aromatic N) is 3. The van der Waals surface area contributed by atoms with Crippen LogP contribution in [0, 0.1) is 0 Å². The Bertz CT molecular complexity index is 626. The van der Waals surface area contributed by atoms with Gasteiger partial charge in [-0.05, 0) is 32.3 Å². The number of pyridine rings is 1. The van der Waals surface area contributed by atoms with Crippen LogP contribution < -0.4 is 4.90 Å². The van der Waals surface area contributed by atoms with Gasteiger partial charge in [-0.1, -0.05) is 6.07 Å². The number of rotatable bonds is 5. The van der Waals surface area contributed by atoms with Crippen molar-refractivity contribution in [1.29, 1.82) is 0 Å². The third-order valence-electron chi connectivity index (χ3n) is 3.23. The molecule has 2 aromatic rings. The van der Waals surface area contributed by atoms with Gasteiger partial charge in [0.2, 0.25) is 0 Å². The number of aromatic carboxylic acids is 1. The van der Waals surface area contributed by atoms with Crippen LogP contribution in [0.5, 0.6) is 0 Å². The molecular formula is C15H19N3O2. The molecule has 5 heteroatoms. The maximum absolute atomic E-state index is 11.2. The van der Waals surface area contributed by atoms with Gasteiger partial charge in [0.1, 0.15) is 0 Å². The number of fused-ring (bicyclic) bond motifs is 1. The average Bonchev–Trinajstić information content (AvgIpc) is 2.43. The summed E-state index contributed by atoms with van der Waals surface area (Å²) < 4.78 is 0. The van der Waals surface area contributed by atoms with E-state index in [1.54, 1.807) is 18.3 Å². The molecule has 2 rings (SSSR count). The number of carboxylic acids is 1. The Kier molecular flexibility index (Phi) is 4.20. The summed E-state index contributed by atoms with van der Waals surface area (Å²) in [6, 6.07) is 7.05. The van der Waals surface area contributed by atoms with Crippen LogP contribution in [0.3, 0.4) is 0 Å². The minimum absolute atomic E-state index is 0.289.